The molecule has 6 heteroatoms. The van der Waals surface area contributed by atoms with Gasteiger partial charge in [-0.3, -0.25) is 4.90 Å². The Labute approximate surface area is 121 Å². The van der Waals surface area contributed by atoms with E-state index in [9.17, 15) is 9.18 Å². The van der Waals surface area contributed by atoms with Crippen LogP contribution in [0.5, 0.6) is 0 Å². The van der Waals surface area contributed by atoms with Crippen molar-refractivity contribution < 1.29 is 13.9 Å². The monoisotopic (exact) mass is 287 g/mol. The molecule has 1 amide bonds. The summed E-state index contributed by atoms with van der Waals surface area (Å²) in [6.07, 6.45) is 2.67. The van der Waals surface area contributed by atoms with E-state index in [1.54, 1.807) is 18.3 Å². The molecule has 1 fully saturated rings. The summed E-state index contributed by atoms with van der Waals surface area (Å²) in [7, 11) is 0. The van der Waals surface area contributed by atoms with Crippen molar-refractivity contribution in [2.24, 2.45) is 0 Å². The van der Waals surface area contributed by atoms with Gasteiger partial charge in [0.15, 0.2) is 0 Å². The third kappa shape index (κ3) is 2.69. The maximum atomic E-state index is 12.8. The fourth-order valence-corrected chi connectivity index (χ4v) is 2.21. The smallest absolute Gasteiger partial charge is 0.416 e. The van der Waals surface area contributed by atoms with E-state index in [-0.39, 0.29) is 0 Å². The molecule has 0 spiro atoms. The van der Waals surface area contributed by atoms with Crippen LogP contribution in [0.4, 0.5) is 15.0 Å². The van der Waals surface area contributed by atoms with Crippen LogP contribution in [0.3, 0.4) is 0 Å². The highest BCUT2D eigenvalue weighted by molar-refractivity contribution is 5.89. The first-order chi connectivity index (χ1) is 9.94. The van der Waals surface area contributed by atoms with E-state index < -0.39 is 17.6 Å². The van der Waals surface area contributed by atoms with Crippen LogP contribution >= 0.6 is 0 Å². The van der Waals surface area contributed by atoms with E-state index in [0.717, 1.165) is 11.1 Å². The van der Waals surface area contributed by atoms with Crippen molar-refractivity contribution in [2.45, 2.75) is 19.4 Å². The normalized spacial score (nSPS) is 16.9. The van der Waals surface area contributed by atoms with Crippen LogP contribution in [-0.2, 0) is 4.74 Å². The highest BCUT2D eigenvalue weighted by Gasteiger charge is 2.38. The molecule has 0 saturated carbocycles. The molecule has 0 atom stereocenters. The molecule has 2 aromatic heterocycles. The summed E-state index contributed by atoms with van der Waals surface area (Å²) in [6, 6.07) is 6.48. The fraction of sp³-hybridized carbons (Fsp3) is 0.267. The van der Waals surface area contributed by atoms with Gasteiger partial charge in [0, 0.05) is 23.5 Å². The maximum Gasteiger partial charge on any atom is 0.416 e. The van der Waals surface area contributed by atoms with Crippen LogP contribution < -0.4 is 4.90 Å². The Bertz CT molecular complexity index is 668. The second-order valence-corrected chi connectivity index (χ2v) is 5.49. The lowest BCUT2D eigenvalue weighted by atomic mass is 10.1. The van der Waals surface area contributed by atoms with E-state index in [0.29, 0.717) is 12.4 Å². The Balaban J connectivity index is 1.85. The zero-order valence-corrected chi connectivity index (χ0v) is 11.7. The van der Waals surface area contributed by atoms with E-state index in [1.807, 2.05) is 19.9 Å². The molecular weight excluding hydrogens is 273 g/mol. The number of halogens is 1. The van der Waals surface area contributed by atoms with Crippen LogP contribution in [0.1, 0.15) is 13.8 Å². The molecule has 3 heterocycles. The summed E-state index contributed by atoms with van der Waals surface area (Å²) in [5.41, 5.74) is 1.05. The van der Waals surface area contributed by atoms with Gasteiger partial charge in [-0.1, -0.05) is 0 Å². The lowest BCUT2D eigenvalue weighted by Gasteiger charge is -2.15. The van der Waals surface area contributed by atoms with Gasteiger partial charge >= 0.3 is 6.09 Å². The maximum absolute atomic E-state index is 12.8. The second kappa shape index (κ2) is 4.80. The van der Waals surface area contributed by atoms with Gasteiger partial charge in [0.1, 0.15) is 11.4 Å². The number of nitrogens with zero attached hydrogens (tertiary/aromatic N) is 3. The molecule has 1 aliphatic rings. The average Bonchev–Trinajstić information content (AvgIpc) is 2.73. The number of hydrogen-bond donors (Lipinski definition) is 0. The molecule has 0 aliphatic carbocycles. The van der Waals surface area contributed by atoms with Crippen LogP contribution in [0.25, 0.3) is 11.1 Å². The standard InChI is InChI=1S/C15H14FN3O2/c1-15(2)9-19(14(20)21-15)13-6-4-11(8-18-13)10-3-5-12(16)17-7-10/h3-8H,9H2,1-2H3. The van der Waals surface area contributed by atoms with Crippen LogP contribution in [0, 0.1) is 5.95 Å². The van der Waals surface area contributed by atoms with Crippen molar-refractivity contribution in [2.75, 3.05) is 11.4 Å². The molecule has 5 nitrogen and oxygen atoms in total. The molecule has 0 N–H and O–H groups in total. The summed E-state index contributed by atoms with van der Waals surface area (Å²) >= 11 is 0. The molecule has 0 aromatic carbocycles. The number of ether oxygens (including phenoxy) is 1. The number of rotatable bonds is 2. The van der Waals surface area contributed by atoms with Gasteiger partial charge in [-0.05, 0) is 38.1 Å². The Morgan fingerprint density at radius 1 is 1.14 bits per heavy atom. The van der Waals surface area contributed by atoms with E-state index in [2.05, 4.69) is 9.97 Å². The average molecular weight is 287 g/mol. The summed E-state index contributed by atoms with van der Waals surface area (Å²) in [4.78, 5) is 21.2. The number of aromatic nitrogens is 2. The van der Waals surface area contributed by atoms with Crippen LogP contribution in [-0.4, -0.2) is 28.2 Å². The van der Waals surface area contributed by atoms with Crippen molar-refractivity contribution in [3.63, 3.8) is 0 Å². The summed E-state index contributed by atoms with van der Waals surface area (Å²) < 4.78 is 18.0. The number of carbonyl (C=O) groups is 1. The molecule has 3 rings (SSSR count). The largest absolute Gasteiger partial charge is 0.441 e. The van der Waals surface area contributed by atoms with Crippen LogP contribution in [0.15, 0.2) is 36.7 Å². The van der Waals surface area contributed by atoms with Crippen molar-refractivity contribution >= 4 is 11.9 Å². The van der Waals surface area contributed by atoms with Crippen LogP contribution in [0.2, 0.25) is 0 Å². The SMILES string of the molecule is CC1(C)CN(c2ccc(-c3ccc(F)nc3)cn2)C(=O)O1. The first kappa shape index (κ1) is 13.5. The van der Waals surface area contributed by atoms with E-state index in [1.165, 1.54) is 17.2 Å². The highest BCUT2D eigenvalue weighted by Crippen LogP contribution is 2.27. The zero-order valence-electron chi connectivity index (χ0n) is 11.7. The molecule has 21 heavy (non-hydrogen) atoms. The molecule has 108 valence electrons. The number of hydrogen-bond acceptors (Lipinski definition) is 4. The van der Waals surface area contributed by atoms with E-state index in [4.69, 9.17) is 4.74 Å². The molecular formula is C15H14FN3O2. The zero-order chi connectivity index (χ0) is 15.0. The number of pyridine rings is 2. The Hall–Kier alpha value is -2.50. The first-order valence-electron chi connectivity index (χ1n) is 6.53. The predicted molar refractivity (Wildman–Crippen MR) is 75.3 cm³/mol. The summed E-state index contributed by atoms with van der Waals surface area (Å²) in [5.74, 6) is 0.00905. The number of amides is 1. The molecule has 1 aliphatic heterocycles. The topological polar surface area (TPSA) is 55.3 Å². The van der Waals surface area contributed by atoms with E-state index >= 15 is 0 Å². The molecule has 2 aromatic rings. The minimum atomic E-state index is -0.523. The van der Waals surface area contributed by atoms with Gasteiger partial charge in [-0.2, -0.15) is 4.39 Å². The second-order valence-electron chi connectivity index (χ2n) is 5.49. The summed E-state index contributed by atoms with van der Waals surface area (Å²) in [5, 5.41) is 0. The lowest BCUT2D eigenvalue weighted by Crippen LogP contribution is -2.28. The third-order valence-corrected chi connectivity index (χ3v) is 3.21. The minimum absolute atomic E-state index is 0.399. The quantitative estimate of drug-likeness (QED) is 0.797. The van der Waals surface area contributed by atoms with Crippen molar-refractivity contribution in [1.29, 1.82) is 0 Å². The van der Waals surface area contributed by atoms with Gasteiger partial charge < -0.3 is 4.74 Å². The molecule has 1 saturated heterocycles. The third-order valence-electron chi connectivity index (χ3n) is 3.21. The molecule has 0 unspecified atom stereocenters. The van der Waals surface area contributed by atoms with Crippen molar-refractivity contribution in [1.82, 2.24) is 9.97 Å². The van der Waals surface area contributed by atoms with Crippen molar-refractivity contribution in [3.05, 3.63) is 42.6 Å². The Morgan fingerprint density at radius 2 is 1.81 bits per heavy atom. The van der Waals surface area contributed by atoms with Gasteiger partial charge in [-0.25, -0.2) is 14.8 Å². The van der Waals surface area contributed by atoms with Gasteiger partial charge in [0.05, 0.1) is 6.54 Å². The molecule has 0 bridgehead atoms. The number of carbonyl (C=O) groups excluding carboxylic acids is 1. The van der Waals surface area contributed by atoms with Crippen molar-refractivity contribution in [3.8, 4) is 11.1 Å². The first-order valence-corrected chi connectivity index (χ1v) is 6.53. The fourth-order valence-electron chi connectivity index (χ4n) is 2.21. The molecule has 0 radical (unpaired) electrons. The van der Waals surface area contributed by atoms with Gasteiger partial charge in [0.2, 0.25) is 5.95 Å². The summed E-state index contributed by atoms with van der Waals surface area (Å²) in [6.45, 7) is 4.16. The number of anilines is 1. The lowest BCUT2D eigenvalue weighted by molar-refractivity contribution is 0.0871. The Kier molecular flexibility index (Phi) is 3.08. The predicted octanol–water partition coefficient (Wildman–Crippen LogP) is 3.02. The minimum Gasteiger partial charge on any atom is -0.441 e. The number of cyclic esters (lactones) is 1. The van der Waals surface area contributed by atoms with Gasteiger partial charge in [0.25, 0.3) is 0 Å². The highest BCUT2D eigenvalue weighted by atomic mass is 19.1. The Morgan fingerprint density at radius 3 is 2.29 bits per heavy atom. The van der Waals surface area contributed by atoms with Gasteiger partial charge in [-0.15, -0.1) is 0 Å².